The molecule has 0 fully saturated rings. The summed E-state index contributed by atoms with van der Waals surface area (Å²) in [6.45, 7) is -0.633. The lowest BCUT2D eigenvalue weighted by Crippen LogP contribution is -2.38. The summed E-state index contributed by atoms with van der Waals surface area (Å²) in [5, 5.41) is 30.1. The molecule has 0 spiro atoms. The van der Waals surface area contributed by atoms with Crippen molar-refractivity contribution in [3.8, 4) is 5.75 Å². The van der Waals surface area contributed by atoms with Crippen LogP contribution in [-0.4, -0.2) is 60.6 Å². The number of carboxylic acid groups (broad SMARTS) is 1. The van der Waals surface area contributed by atoms with Crippen molar-refractivity contribution < 1.29 is 43.7 Å². The van der Waals surface area contributed by atoms with Gasteiger partial charge in [-0.3, -0.25) is 10.1 Å². The summed E-state index contributed by atoms with van der Waals surface area (Å²) >= 11 is 0. The van der Waals surface area contributed by atoms with E-state index in [2.05, 4.69) is 9.47 Å². The lowest BCUT2D eigenvalue weighted by Gasteiger charge is -2.31. The number of benzene rings is 1. The van der Waals surface area contributed by atoms with E-state index in [1.165, 1.54) is 0 Å². The molecule has 2 N–H and O–H groups in total. The van der Waals surface area contributed by atoms with Gasteiger partial charge < -0.3 is 29.3 Å². The number of nitro groups is 1. The number of ether oxygens (including phenoxy) is 3. The summed E-state index contributed by atoms with van der Waals surface area (Å²) in [5.74, 6) is -4.55. The summed E-state index contributed by atoms with van der Waals surface area (Å²) in [6.07, 6.45) is 0. The molecule has 1 aromatic rings. The highest BCUT2D eigenvalue weighted by atomic mass is 16.6. The molecule has 12 nitrogen and oxygen atoms in total. The van der Waals surface area contributed by atoms with Gasteiger partial charge in [-0.2, -0.15) is 0 Å². The molecule has 0 unspecified atom stereocenters. The quantitative estimate of drug-likeness (QED) is 0.411. The monoisotopic (exact) mass is 382 g/mol. The van der Waals surface area contributed by atoms with Crippen LogP contribution in [0.2, 0.25) is 0 Å². The van der Waals surface area contributed by atoms with Crippen molar-refractivity contribution in [1.29, 1.82) is 0 Å². The zero-order valence-electron chi connectivity index (χ0n) is 14.1. The number of esters is 2. The van der Waals surface area contributed by atoms with Crippen LogP contribution in [-0.2, 0) is 23.8 Å². The summed E-state index contributed by atoms with van der Waals surface area (Å²) in [6, 6.07) is 1.74. The molecule has 0 bridgehead atoms. The molecule has 0 saturated heterocycles. The summed E-state index contributed by atoms with van der Waals surface area (Å²) < 4.78 is 14.4. The Morgan fingerprint density at radius 2 is 1.85 bits per heavy atom. The number of carbonyl (C=O) groups is 3. The number of hydrogen-bond donors (Lipinski definition) is 2. The van der Waals surface area contributed by atoms with E-state index in [-0.39, 0.29) is 30.3 Å². The first-order chi connectivity index (χ1) is 12.7. The SMILES string of the molecule is COC(=O)C1=C(C(=O)OC)N(c2cc(C(=O)O)c(O)c([N+](=O)[O-])c2)COC1. The zero-order valence-corrected chi connectivity index (χ0v) is 14.1. The fourth-order valence-corrected chi connectivity index (χ4v) is 2.41. The zero-order chi connectivity index (χ0) is 20.3. The number of nitrogens with zero attached hydrogens (tertiary/aromatic N) is 2. The van der Waals surface area contributed by atoms with Gasteiger partial charge in [0.25, 0.3) is 0 Å². The Labute approximate surface area is 151 Å². The molecule has 0 aliphatic carbocycles. The molecular weight excluding hydrogens is 368 g/mol. The van der Waals surface area contributed by atoms with Gasteiger partial charge in [-0.15, -0.1) is 0 Å². The van der Waals surface area contributed by atoms with Crippen LogP contribution in [0.3, 0.4) is 0 Å². The smallest absolute Gasteiger partial charge is 0.355 e. The Morgan fingerprint density at radius 1 is 1.22 bits per heavy atom. The lowest BCUT2D eigenvalue weighted by atomic mass is 10.1. The van der Waals surface area contributed by atoms with Crippen LogP contribution in [0.15, 0.2) is 23.4 Å². The average Bonchev–Trinajstić information content (AvgIpc) is 2.65. The predicted molar refractivity (Wildman–Crippen MR) is 86.1 cm³/mol. The van der Waals surface area contributed by atoms with Crippen molar-refractivity contribution in [2.24, 2.45) is 0 Å². The number of nitro benzene ring substituents is 1. The molecule has 1 aromatic carbocycles. The van der Waals surface area contributed by atoms with Crippen LogP contribution in [0.1, 0.15) is 10.4 Å². The molecule has 144 valence electrons. The normalized spacial score (nSPS) is 13.9. The first kappa shape index (κ1) is 19.7. The third-order valence-corrected chi connectivity index (χ3v) is 3.65. The number of carboxylic acids is 1. The van der Waals surface area contributed by atoms with Crippen LogP contribution in [0.25, 0.3) is 0 Å². The standard InChI is InChI=1S/C15H14N2O10/c1-25-14(21)9-5-27-6-16(11(9)15(22)26-2)7-3-8(13(19)20)12(18)10(4-7)17(23)24/h3-4,18H,5-6H2,1-2H3,(H,19,20). The maximum atomic E-state index is 12.2. The molecule has 0 saturated carbocycles. The molecule has 12 heteroatoms. The highest BCUT2D eigenvalue weighted by Gasteiger charge is 2.34. The van der Waals surface area contributed by atoms with Gasteiger partial charge in [0, 0.05) is 6.07 Å². The van der Waals surface area contributed by atoms with Crippen molar-refractivity contribution in [2.45, 2.75) is 0 Å². The van der Waals surface area contributed by atoms with Crippen molar-refractivity contribution in [3.05, 3.63) is 39.1 Å². The van der Waals surface area contributed by atoms with Gasteiger partial charge in [0.2, 0.25) is 5.75 Å². The third kappa shape index (κ3) is 3.64. The Balaban J connectivity index is 2.74. The molecular formula is C15H14N2O10. The molecule has 1 aliphatic rings. The number of hydrogen-bond acceptors (Lipinski definition) is 10. The maximum absolute atomic E-state index is 12.2. The van der Waals surface area contributed by atoms with Crippen molar-refractivity contribution in [1.82, 2.24) is 0 Å². The van der Waals surface area contributed by atoms with Gasteiger partial charge in [-0.1, -0.05) is 0 Å². The molecule has 0 aromatic heterocycles. The average molecular weight is 382 g/mol. The van der Waals surface area contributed by atoms with E-state index < -0.39 is 39.8 Å². The third-order valence-electron chi connectivity index (χ3n) is 3.65. The number of phenols is 1. The fraction of sp³-hybridized carbons (Fsp3) is 0.267. The topological polar surface area (TPSA) is 166 Å². The molecule has 0 amide bonds. The van der Waals surface area contributed by atoms with Gasteiger partial charge in [0.1, 0.15) is 18.0 Å². The number of aromatic hydroxyl groups is 1. The first-order valence-corrected chi connectivity index (χ1v) is 7.22. The molecule has 1 aliphatic heterocycles. The van der Waals surface area contributed by atoms with E-state index in [1.807, 2.05) is 0 Å². The Kier molecular flexibility index (Phi) is 5.60. The van der Waals surface area contributed by atoms with E-state index in [9.17, 15) is 34.7 Å². The van der Waals surface area contributed by atoms with Crippen LogP contribution in [0.5, 0.6) is 5.75 Å². The van der Waals surface area contributed by atoms with Crippen LogP contribution < -0.4 is 4.90 Å². The van der Waals surface area contributed by atoms with Gasteiger partial charge in [0.05, 0.1) is 37.0 Å². The van der Waals surface area contributed by atoms with Crippen molar-refractivity contribution in [3.63, 3.8) is 0 Å². The summed E-state index contributed by atoms with van der Waals surface area (Å²) in [4.78, 5) is 46.6. The molecule has 2 rings (SSSR count). The molecule has 1 heterocycles. The minimum Gasteiger partial charge on any atom is -0.501 e. The number of aromatic carboxylic acids is 1. The molecule has 27 heavy (non-hydrogen) atoms. The number of carbonyl (C=O) groups excluding carboxylic acids is 2. The van der Waals surface area contributed by atoms with Gasteiger partial charge >= 0.3 is 23.6 Å². The second-order valence-electron chi connectivity index (χ2n) is 5.14. The van der Waals surface area contributed by atoms with Crippen LogP contribution in [0, 0.1) is 10.1 Å². The molecule has 0 atom stereocenters. The number of methoxy groups -OCH3 is 2. The minimum absolute atomic E-state index is 0.182. The van der Waals surface area contributed by atoms with E-state index in [1.54, 1.807) is 0 Å². The molecule has 0 radical (unpaired) electrons. The van der Waals surface area contributed by atoms with Gasteiger partial charge in [-0.25, -0.2) is 14.4 Å². The second-order valence-corrected chi connectivity index (χ2v) is 5.14. The van der Waals surface area contributed by atoms with Crippen molar-refractivity contribution >= 4 is 29.3 Å². The fourth-order valence-electron chi connectivity index (χ4n) is 2.41. The summed E-state index contributed by atoms with van der Waals surface area (Å²) in [5.41, 5.74) is -2.40. The van der Waals surface area contributed by atoms with Crippen molar-refractivity contribution in [2.75, 3.05) is 32.5 Å². The number of anilines is 1. The van der Waals surface area contributed by atoms with E-state index in [0.717, 1.165) is 31.3 Å². The first-order valence-electron chi connectivity index (χ1n) is 7.22. The number of rotatable bonds is 5. The van der Waals surface area contributed by atoms with Gasteiger partial charge in [-0.05, 0) is 6.07 Å². The Bertz CT molecular complexity index is 825. The van der Waals surface area contributed by atoms with E-state index >= 15 is 0 Å². The maximum Gasteiger partial charge on any atom is 0.355 e. The van der Waals surface area contributed by atoms with Crippen LogP contribution >= 0.6 is 0 Å². The highest BCUT2D eigenvalue weighted by molar-refractivity contribution is 6.04. The van der Waals surface area contributed by atoms with Gasteiger partial charge in [0.15, 0.2) is 0 Å². The van der Waals surface area contributed by atoms with E-state index in [0.29, 0.717) is 0 Å². The largest absolute Gasteiger partial charge is 0.501 e. The predicted octanol–water partition coefficient (Wildman–Crippen LogP) is 0.393. The summed E-state index contributed by atoms with van der Waals surface area (Å²) in [7, 11) is 2.14. The lowest BCUT2D eigenvalue weighted by molar-refractivity contribution is -0.385. The second kappa shape index (κ2) is 7.70. The Hall–Kier alpha value is -3.67. The highest BCUT2D eigenvalue weighted by Crippen LogP contribution is 2.37. The van der Waals surface area contributed by atoms with E-state index in [4.69, 9.17) is 4.74 Å². The minimum atomic E-state index is -1.63. The van der Waals surface area contributed by atoms with Crippen LogP contribution in [0.4, 0.5) is 11.4 Å². The Morgan fingerprint density at radius 3 is 2.37 bits per heavy atom.